The van der Waals surface area contributed by atoms with E-state index < -0.39 is 5.97 Å². The topological polar surface area (TPSA) is 50.2 Å². The molecule has 16 heavy (non-hydrogen) atoms. The number of carboxylic acids is 1. The van der Waals surface area contributed by atoms with Gasteiger partial charge in [0.2, 0.25) is 0 Å². The first-order chi connectivity index (χ1) is 7.63. The SMILES string of the molecule is CCC(C)c1ccc(C(=O)O)c(C2CC2)n1. The zero-order valence-electron chi connectivity index (χ0n) is 9.73. The van der Waals surface area contributed by atoms with Gasteiger partial charge in [0, 0.05) is 11.6 Å². The Labute approximate surface area is 95.5 Å². The third-order valence-electron chi connectivity index (χ3n) is 3.26. The van der Waals surface area contributed by atoms with Gasteiger partial charge in [0.1, 0.15) is 0 Å². The number of pyridine rings is 1. The van der Waals surface area contributed by atoms with Crippen LogP contribution in [0.1, 0.15) is 66.7 Å². The van der Waals surface area contributed by atoms with Gasteiger partial charge < -0.3 is 5.11 Å². The van der Waals surface area contributed by atoms with Crippen LogP contribution in [0.15, 0.2) is 12.1 Å². The number of carboxylic acid groups (broad SMARTS) is 1. The van der Waals surface area contributed by atoms with Crippen LogP contribution in [0.3, 0.4) is 0 Å². The summed E-state index contributed by atoms with van der Waals surface area (Å²) in [6, 6.07) is 3.56. The van der Waals surface area contributed by atoms with Gasteiger partial charge in [0.25, 0.3) is 0 Å². The minimum atomic E-state index is -0.856. The van der Waals surface area contributed by atoms with Crippen molar-refractivity contribution < 1.29 is 9.90 Å². The summed E-state index contributed by atoms with van der Waals surface area (Å²) in [7, 11) is 0. The minimum absolute atomic E-state index is 0.384. The highest BCUT2D eigenvalue weighted by atomic mass is 16.4. The summed E-state index contributed by atoms with van der Waals surface area (Å²) in [6.45, 7) is 4.24. The third kappa shape index (κ3) is 2.08. The molecular formula is C13H17NO2. The Hall–Kier alpha value is -1.38. The van der Waals surface area contributed by atoms with Crippen molar-refractivity contribution in [2.75, 3.05) is 0 Å². The van der Waals surface area contributed by atoms with E-state index in [4.69, 9.17) is 5.11 Å². The van der Waals surface area contributed by atoms with Crippen molar-refractivity contribution in [2.24, 2.45) is 0 Å². The molecule has 0 radical (unpaired) electrons. The van der Waals surface area contributed by atoms with Gasteiger partial charge in [-0.05, 0) is 37.3 Å². The van der Waals surface area contributed by atoms with Gasteiger partial charge in [0.15, 0.2) is 0 Å². The maximum atomic E-state index is 11.1. The number of hydrogen-bond donors (Lipinski definition) is 1. The molecule has 3 nitrogen and oxygen atoms in total. The molecule has 0 aromatic carbocycles. The van der Waals surface area contributed by atoms with Crippen LogP contribution in [0.25, 0.3) is 0 Å². The third-order valence-corrected chi connectivity index (χ3v) is 3.26. The van der Waals surface area contributed by atoms with Gasteiger partial charge in [-0.2, -0.15) is 0 Å². The molecule has 1 aromatic rings. The zero-order valence-corrected chi connectivity index (χ0v) is 9.73. The summed E-state index contributed by atoms with van der Waals surface area (Å²) in [6.07, 6.45) is 3.19. The van der Waals surface area contributed by atoms with E-state index in [1.165, 1.54) is 0 Å². The van der Waals surface area contributed by atoms with E-state index in [0.29, 0.717) is 17.4 Å². The fourth-order valence-corrected chi connectivity index (χ4v) is 1.82. The van der Waals surface area contributed by atoms with Gasteiger partial charge in [-0.15, -0.1) is 0 Å². The van der Waals surface area contributed by atoms with E-state index in [-0.39, 0.29) is 0 Å². The Bertz CT molecular complexity index is 410. The zero-order chi connectivity index (χ0) is 11.7. The van der Waals surface area contributed by atoms with E-state index in [2.05, 4.69) is 18.8 Å². The molecule has 1 saturated carbocycles. The molecule has 1 fully saturated rings. The normalized spacial score (nSPS) is 17.1. The number of carbonyl (C=O) groups is 1. The molecule has 0 aliphatic heterocycles. The van der Waals surface area contributed by atoms with Gasteiger partial charge in [0.05, 0.1) is 11.3 Å². The highest BCUT2D eigenvalue weighted by Gasteiger charge is 2.30. The fraction of sp³-hybridized carbons (Fsp3) is 0.538. The molecule has 1 aliphatic rings. The van der Waals surface area contributed by atoms with Gasteiger partial charge >= 0.3 is 5.97 Å². The minimum Gasteiger partial charge on any atom is -0.478 e. The molecule has 1 heterocycles. The molecule has 3 heteroatoms. The molecule has 1 aliphatic carbocycles. The largest absolute Gasteiger partial charge is 0.478 e. The number of aromatic carboxylic acids is 1. The molecule has 0 amide bonds. The average Bonchev–Trinajstić information content (AvgIpc) is 3.10. The summed E-state index contributed by atoms with van der Waals surface area (Å²) in [5.41, 5.74) is 2.20. The number of aromatic nitrogens is 1. The molecule has 0 saturated heterocycles. The number of hydrogen-bond acceptors (Lipinski definition) is 2. The molecule has 0 bridgehead atoms. The highest BCUT2D eigenvalue weighted by Crippen LogP contribution is 2.41. The van der Waals surface area contributed by atoms with Gasteiger partial charge in [-0.3, -0.25) is 4.98 Å². The molecule has 86 valence electrons. The molecule has 1 aromatic heterocycles. The first-order valence-corrected chi connectivity index (χ1v) is 5.87. The Balaban J connectivity index is 2.39. The van der Waals surface area contributed by atoms with Crippen molar-refractivity contribution in [3.8, 4) is 0 Å². The summed E-state index contributed by atoms with van der Waals surface area (Å²) >= 11 is 0. The monoisotopic (exact) mass is 219 g/mol. The van der Waals surface area contributed by atoms with E-state index in [1.54, 1.807) is 6.07 Å². The lowest BCUT2D eigenvalue weighted by Crippen LogP contribution is -2.07. The van der Waals surface area contributed by atoms with Crippen molar-refractivity contribution in [2.45, 2.75) is 44.9 Å². The summed E-state index contributed by atoms with van der Waals surface area (Å²) < 4.78 is 0. The van der Waals surface area contributed by atoms with E-state index in [9.17, 15) is 4.79 Å². The smallest absolute Gasteiger partial charge is 0.337 e. The van der Waals surface area contributed by atoms with Crippen molar-refractivity contribution in [3.63, 3.8) is 0 Å². The standard InChI is InChI=1S/C13H17NO2/c1-3-8(2)11-7-6-10(13(15)16)12(14-11)9-4-5-9/h6-9H,3-5H2,1-2H3,(H,15,16). The van der Waals surface area contributed by atoms with Crippen LogP contribution in [-0.4, -0.2) is 16.1 Å². The van der Waals surface area contributed by atoms with Crippen LogP contribution in [0.4, 0.5) is 0 Å². The van der Waals surface area contributed by atoms with Crippen LogP contribution in [0.5, 0.6) is 0 Å². The average molecular weight is 219 g/mol. The second-order valence-corrected chi connectivity index (χ2v) is 4.56. The predicted molar refractivity (Wildman–Crippen MR) is 61.9 cm³/mol. The molecule has 1 unspecified atom stereocenters. The Morgan fingerprint density at radius 3 is 2.75 bits per heavy atom. The molecule has 1 N–H and O–H groups in total. The van der Waals surface area contributed by atoms with Crippen molar-refractivity contribution in [1.82, 2.24) is 4.98 Å². The Morgan fingerprint density at radius 1 is 1.56 bits per heavy atom. The first kappa shape index (κ1) is 11.1. The van der Waals surface area contributed by atoms with E-state index in [0.717, 1.165) is 30.7 Å². The summed E-state index contributed by atoms with van der Waals surface area (Å²) in [4.78, 5) is 15.6. The fourth-order valence-electron chi connectivity index (χ4n) is 1.82. The maximum absolute atomic E-state index is 11.1. The second-order valence-electron chi connectivity index (χ2n) is 4.56. The lowest BCUT2D eigenvalue weighted by atomic mass is 10.0. The maximum Gasteiger partial charge on any atom is 0.337 e. The highest BCUT2D eigenvalue weighted by molar-refractivity contribution is 5.89. The Kier molecular flexibility index (Phi) is 2.95. The predicted octanol–water partition coefficient (Wildman–Crippen LogP) is 3.17. The van der Waals surface area contributed by atoms with Crippen molar-refractivity contribution in [1.29, 1.82) is 0 Å². The molecule has 2 rings (SSSR count). The quantitative estimate of drug-likeness (QED) is 0.846. The summed E-state index contributed by atoms with van der Waals surface area (Å²) in [5, 5.41) is 9.09. The second kappa shape index (κ2) is 4.24. The van der Waals surface area contributed by atoms with Crippen LogP contribution < -0.4 is 0 Å². The molecule has 0 spiro atoms. The Morgan fingerprint density at radius 2 is 2.25 bits per heavy atom. The van der Waals surface area contributed by atoms with Crippen LogP contribution in [-0.2, 0) is 0 Å². The van der Waals surface area contributed by atoms with Crippen LogP contribution >= 0.6 is 0 Å². The van der Waals surface area contributed by atoms with Crippen LogP contribution in [0, 0.1) is 0 Å². The number of rotatable bonds is 4. The van der Waals surface area contributed by atoms with E-state index in [1.807, 2.05) is 6.07 Å². The lowest BCUT2D eigenvalue weighted by Gasteiger charge is -2.11. The molecule has 1 atom stereocenters. The van der Waals surface area contributed by atoms with Crippen molar-refractivity contribution in [3.05, 3.63) is 29.1 Å². The van der Waals surface area contributed by atoms with Crippen molar-refractivity contribution >= 4 is 5.97 Å². The molecular weight excluding hydrogens is 202 g/mol. The lowest BCUT2D eigenvalue weighted by molar-refractivity contribution is 0.0695. The van der Waals surface area contributed by atoms with Gasteiger partial charge in [-0.1, -0.05) is 13.8 Å². The van der Waals surface area contributed by atoms with Crippen LogP contribution in [0.2, 0.25) is 0 Å². The first-order valence-electron chi connectivity index (χ1n) is 5.87. The summed E-state index contributed by atoms with van der Waals surface area (Å²) in [5.74, 6) is -0.0689. The van der Waals surface area contributed by atoms with Gasteiger partial charge in [-0.25, -0.2) is 4.79 Å². The van der Waals surface area contributed by atoms with E-state index >= 15 is 0 Å². The number of nitrogens with zero attached hydrogens (tertiary/aromatic N) is 1.